The van der Waals surface area contributed by atoms with Crippen molar-refractivity contribution in [3.05, 3.63) is 68.9 Å². The van der Waals surface area contributed by atoms with E-state index in [1.54, 1.807) is 39.9 Å². The highest BCUT2D eigenvalue weighted by Gasteiger charge is 2.26. The number of aromatic nitrogens is 5. The van der Waals surface area contributed by atoms with Gasteiger partial charge in [0.25, 0.3) is 11.4 Å². The van der Waals surface area contributed by atoms with Crippen LogP contribution in [-0.2, 0) is 4.79 Å². The number of hydrogen-bond acceptors (Lipinski definition) is 6. The Kier molecular flexibility index (Phi) is 4.94. The van der Waals surface area contributed by atoms with E-state index in [-0.39, 0.29) is 23.2 Å². The third-order valence-corrected chi connectivity index (χ3v) is 6.04. The lowest BCUT2D eigenvalue weighted by Gasteiger charge is -2.32. The average Bonchev–Trinajstić information content (AvgIpc) is 2.84. The number of nitrogens with one attached hydrogen (secondary N) is 1. The maximum atomic E-state index is 13.0. The van der Waals surface area contributed by atoms with Crippen LogP contribution in [-0.4, -0.2) is 48.4 Å². The minimum absolute atomic E-state index is 0.00549. The highest BCUT2D eigenvalue weighted by molar-refractivity contribution is 6.01. The summed E-state index contributed by atoms with van der Waals surface area (Å²) < 4.78 is 1.59. The van der Waals surface area contributed by atoms with E-state index >= 15 is 0 Å². The van der Waals surface area contributed by atoms with E-state index in [0.29, 0.717) is 53.7 Å². The summed E-state index contributed by atoms with van der Waals surface area (Å²) in [5.41, 5.74) is 1.70. The van der Waals surface area contributed by atoms with Gasteiger partial charge in [0.2, 0.25) is 5.91 Å². The van der Waals surface area contributed by atoms with Crippen LogP contribution in [0.5, 0.6) is 0 Å². The number of rotatable bonds is 2. The molecule has 10 nitrogen and oxygen atoms in total. The van der Waals surface area contributed by atoms with Crippen LogP contribution in [0.4, 0.5) is 5.82 Å². The van der Waals surface area contributed by atoms with Gasteiger partial charge in [-0.3, -0.25) is 24.1 Å². The summed E-state index contributed by atoms with van der Waals surface area (Å²) in [4.78, 5) is 58.0. The van der Waals surface area contributed by atoms with Gasteiger partial charge in [0.15, 0.2) is 0 Å². The zero-order chi connectivity index (χ0) is 23.1. The Bertz CT molecular complexity index is 1560. The largest absolute Gasteiger partial charge is 0.361 e. The summed E-state index contributed by atoms with van der Waals surface area (Å²) in [6, 6.07) is 6.75. The number of amides is 1. The van der Waals surface area contributed by atoms with Crippen molar-refractivity contribution >= 4 is 33.7 Å². The summed E-state index contributed by atoms with van der Waals surface area (Å²) in [7, 11) is 0. The molecule has 1 aliphatic heterocycles. The molecule has 0 aromatic carbocycles. The maximum absolute atomic E-state index is 13.0. The fourth-order valence-electron chi connectivity index (χ4n) is 4.34. The van der Waals surface area contributed by atoms with E-state index in [1.165, 1.54) is 13.1 Å². The molecule has 1 aliphatic rings. The number of carbonyl (C=O) groups excluding carboxylic acids is 1. The summed E-state index contributed by atoms with van der Waals surface area (Å²) in [5.74, 6) is 0.287. The second kappa shape index (κ2) is 7.94. The van der Waals surface area contributed by atoms with Gasteiger partial charge >= 0.3 is 5.69 Å². The van der Waals surface area contributed by atoms with Crippen LogP contribution in [0.3, 0.4) is 0 Å². The highest BCUT2D eigenvalue weighted by Crippen LogP contribution is 2.29. The fraction of sp³-hybridized carbons (Fsp3) is 0.261. The first-order chi connectivity index (χ1) is 16.0. The van der Waals surface area contributed by atoms with Crippen LogP contribution < -0.4 is 11.2 Å². The molecule has 0 saturated carbocycles. The predicted molar refractivity (Wildman–Crippen MR) is 122 cm³/mol. The van der Waals surface area contributed by atoms with E-state index in [0.717, 1.165) is 0 Å². The molecule has 0 radical (unpaired) electrons. The molecule has 0 atom stereocenters. The van der Waals surface area contributed by atoms with Gasteiger partial charge < -0.3 is 9.74 Å². The number of likely N-dealkylation sites (tertiary alicyclic amines) is 1. The quantitative estimate of drug-likeness (QED) is 0.377. The van der Waals surface area contributed by atoms with Crippen molar-refractivity contribution in [1.82, 2.24) is 29.4 Å². The number of hydrogen-bond donors (Lipinski definition) is 1. The Morgan fingerprint density at radius 3 is 2.58 bits per heavy atom. The van der Waals surface area contributed by atoms with Crippen LogP contribution in [0, 0.1) is 6.57 Å². The molecule has 164 valence electrons. The summed E-state index contributed by atoms with van der Waals surface area (Å²) >= 11 is 0. The van der Waals surface area contributed by atoms with Gasteiger partial charge in [-0.25, -0.2) is 9.78 Å². The van der Waals surface area contributed by atoms with Crippen molar-refractivity contribution in [2.75, 3.05) is 13.1 Å². The van der Waals surface area contributed by atoms with Crippen molar-refractivity contribution < 1.29 is 4.79 Å². The van der Waals surface area contributed by atoms with Gasteiger partial charge in [0.05, 0.1) is 22.1 Å². The smallest absolute Gasteiger partial charge is 0.329 e. The van der Waals surface area contributed by atoms with Gasteiger partial charge in [-0.05, 0) is 31.0 Å². The van der Waals surface area contributed by atoms with Crippen LogP contribution >= 0.6 is 0 Å². The summed E-state index contributed by atoms with van der Waals surface area (Å²) in [5, 5.41) is 0.280. The van der Waals surface area contributed by atoms with E-state index in [4.69, 9.17) is 11.6 Å². The number of aromatic amines is 1. The van der Waals surface area contributed by atoms with E-state index in [1.807, 2.05) is 0 Å². The SMILES string of the molecule is [C-]#[N+]c1ccc(-c2ccc3ncc4c(=O)[nH]c(=O)n(C5CCN(C(C)=O)CC5)c4c3n2)cn1. The molecule has 0 aliphatic carbocycles. The zero-order valence-electron chi connectivity index (χ0n) is 17.8. The first-order valence-electron chi connectivity index (χ1n) is 10.5. The van der Waals surface area contributed by atoms with Gasteiger partial charge in [-0.2, -0.15) is 0 Å². The number of fused-ring (bicyclic) bond motifs is 3. The normalized spacial score (nSPS) is 14.5. The molecular formula is C23H19N7O3. The number of H-pyrrole nitrogens is 1. The van der Waals surface area contributed by atoms with Gasteiger partial charge in [0, 0.05) is 37.8 Å². The molecule has 10 heteroatoms. The number of pyridine rings is 3. The Balaban J connectivity index is 1.72. The Morgan fingerprint density at radius 1 is 1.12 bits per heavy atom. The molecule has 1 N–H and O–H groups in total. The number of piperidine rings is 1. The Hall–Kier alpha value is -4.39. The van der Waals surface area contributed by atoms with E-state index in [9.17, 15) is 14.4 Å². The third-order valence-electron chi connectivity index (χ3n) is 6.04. The second-order valence-corrected chi connectivity index (χ2v) is 7.97. The first-order valence-corrected chi connectivity index (χ1v) is 10.5. The van der Waals surface area contributed by atoms with Crippen molar-refractivity contribution in [3.63, 3.8) is 0 Å². The van der Waals surface area contributed by atoms with Gasteiger partial charge in [-0.15, -0.1) is 4.98 Å². The molecule has 0 spiro atoms. The number of nitrogens with zero attached hydrogens (tertiary/aromatic N) is 6. The second-order valence-electron chi connectivity index (χ2n) is 7.97. The topological polar surface area (TPSA) is 118 Å². The van der Waals surface area contributed by atoms with Crippen molar-refractivity contribution in [1.29, 1.82) is 0 Å². The standard InChI is InChI=1S/C23H19N7O3/c1-13(31)29-9-7-15(8-10-29)30-21-16(22(32)28-23(30)33)12-25-18-5-4-17(27-20(18)21)14-3-6-19(24-2)26-11-14/h3-6,11-12,15H,7-10H2,1H3,(H,28,32,33). The van der Waals surface area contributed by atoms with E-state index in [2.05, 4.69) is 19.8 Å². The molecule has 4 aromatic heterocycles. The molecule has 1 fully saturated rings. The number of carbonyl (C=O) groups is 1. The molecule has 33 heavy (non-hydrogen) atoms. The fourth-order valence-corrected chi connectivity index (χ4v) is 4.34. The molecule has 5 heterocycles. The zero-order valence-corrected chi connectivity index (χ0v) is 17.8. The average molecular weight is 441 g/mol. The van der Waals surface area contributed by atoms with Gasteiger partial charge in [0.1, 0.15) is 11.7 Å². The third kappa shape index (κ3) is 3.53. The van der Waals surface area contributed by atoms with Crippen molar-refractivity contribution in [3.8, 4) is 11.3 Å². The monoisotopic (exact) mass is 441 g/mol. The van der Waals surface area contributed by atoms with Crippen LogP contribution in [0.25, 0.3) is 38.0 Å². The van der Waals surface area contributed by atoms with Crippen LogP contribution in [0.15, 0.2) is 46.2 Å². The minimum atomic E-state index is -0.517. The molecular weight excluding hydrogens is 422 g/mol. The van der Waals surface area contributed by atoms with Crippen molar-refractivity contribution in [2.45, 2.75) is 25.8 Å². The lowest BCUT2D eigenvalue weighted by atomic mass is 10.0. The molecule has 0 bridgehead atoms. The Labute approximate surface area is 187 Å². The summed E-state index contributed by atoms with van der Waals surface area (Å²) in [6.45, 7) is 9.67. The van der Waals surface area contributed by atoms with Gasteiger partial charge in [-0.1, -0.05) is 12.6 Å². The molecule has 1 amide bonds. The lowest BCUT2D eigenvalue weighted by molar-refractivity contribution is -0.130. The Morgan fingerprint density at radius 2 is 1.91 bits per heavy atom. The lowest BCUT2D eigenvalue weighted by Crippen LogP contribution is -2.41. The molecule has 1 saturated heterocycles. The molecule has 0 unspecified atom stereocenters. The maximum Gasteiger partial charge on any atom is 0.329 e. The summed E-state index contributed by atoms with van der Waals surface area (Å²) in [6.07, 6.45) is 4.21. The first kappa shape index (κ1) is 20.5. The van der Waals surface area contributed by atoms with Crippen LogP contribution in [0.2, 0.25) is 0 Å². The van der Waals surface area contributed by atoms with Crippen molar-refractivity contribution in [2.24, 2.45) is 0 Å². The molecule has 4 aromatic rings. The van der Waals surface area contributed by atoms with E-state index < -0.39 is 11.2 Å². The molecule has 5 rings (SSSR count). The van der Waals surface area contributed by atoms with Crippen LogP contribution in [0.1, 0.15) is 25.8 Å². The minimum Gasteiger partial charge on any atom is -0.361 e. The highest BCUT2D eigenvalue weighted by atomic mass is 16.2. The predicted octanol–water partition coefficient (Wildman–Crippen LogP) is 2.43.